The number of halogens is 3. The Hall–Kier alpha value is -4.07. The molecule has 33 heavy (non-hydrogen) atoms. The van der Waals surface area contributed by atoms with E-state index in [1.807, 2.05) is 0 Å². The largest absolute Gasteiger partial charge is 0.436 e. The van der Waals surface area contributed by atoms with Gasteiger partial charge in [-0.25, -0.2) is 17.9 Å². The summed E-state index contributed by atoms with van der Waals surface area (Å²) in [5, 5.41) is 7.01. The van der Waals surface area contributed by atoms with Crippen LogP contribution < -0.4 is 10.1 Å². The molecule has 0 saturated carbocycles. The molecule has 1 aromatic heterocycles. The molecule has 0 atom stereocenters. The Balaban J connectivity index is 1.63. The van der Waals surface area contributed by atoms with Gasteiger partial charge in [-0.15, -0.1) is 0 Å². The molecule has 0 fully saturated rings. The lowest BCUT2D eigenvalue weighted by Gasteiger charge is -2.12. The van der Waals surface area contributed by atoms with Gasteiger partial charge in [0.1, 0.15) is 11.6 Å². The zero-order chi connectivity index (χ0) is 23.4. The molecule has 0 bridgehead atoms. The molecule has 5 nitrogen and oxygen atoms in total. The van der Waals surface area contributed by atoms with Gasteiger partial charge in [0.25, 0.3) is 0 Å². The third kappa shape index (κ3) is 5.06. The lowest BCUT2D eigenvalue weighted by Crippen LogP contribution is -2.13. The summed E-state index contributed by atoms with van der Waals surface area (Å²) in [5.41, 5.74) is 1.73. The number of para-hydroxylation sites is 2. The minimum atomic E-state index is -0.565. The summed E-state index contributed by atoms with van der Waals surface area (Å²) in [4.78, 5) is 12.4. The first-order valence-electron chi connectivity index (χ1n) is 10.2. The number of amides is 1. The standard InChI is InChI=1S/C25H20F3N3O2/c1-16-19(14-15-24(32)29-22-8-4-2-6-20(22)27)25(33-23-9-5-3-7-21(23)28)31(30-16)18-12-10-17(26)11-13-18/h2-13H,14-15H2,1H3,(H,29,32). The van der Waals surface area contributed by atoms with Crippen molar-refractivity contribution in [3.05, 3.63) is 102 Å². The highest BCUT2D eigenvalue weighted by atomic mass is 19.1. The van der Waals surface area contributed by atoms with Gasteiger partial charge in [-0.2, -0.15) is 5.10 Å². The minimum absolute atomic E-state index is 0.0118. The minimum Gasteiger partial charge on any atom is -0.436 e. The van der Waals surface area contributed by atoms with E-state index < -0.39 is 23.4 Å². The van der Waals surface area contributed by atoms with Crippen LogP contribution in [-0.4, -0.2) is 15.7 Å². The maximum absolute atomic E-state index is 14.3. The highest BCUT2D eigenvalue weighted by Crippen LogP contribution is 2.32. The first kappa shape index (κ1) is 22.1. The zero-order valence-corrected chi connectivity index (χ0v) is 17.7. The number of aryl methyl sites for hydroxylation is 1. The monoisotopic (exact) mass is 451 g/mol. The number of rotatable bonds is 7. The zero-order valence-electron chi connectivity index (χ0n) is 17.7. The van der Waals surface area contributed by atoms with Crippen LogP contribution in [0.4, 0.5) is 18.9 Å². The average molecular weight is 451 g/mol. The SMILES string of the molecule is Cc1nn(-c2ccc(F)cc2)c(Oc2ccccc2F)c1CCC(=O)Nc1ccccc1F. The summed E-state index contributed by atoms with van der Waals surface area (Å²) in [6.07, 6.45) is 0.217. The summed E-state index contributed by atoms with van der Waals surface area (Å²) >= 11 is 0. The van der Waals surface area contributed by atoms with E-state index in [4.69, 9.17) is 4.74 Å². The molecular weight excluding hydrogens is 431 g/mol. The smallest absolute Gasteiger partial charge is 0.226 e. The van der Waals surface area contributed by atoms with Crippen LogP contribution in [0.3, 0.4) is 0 Å². The van der Waals surface area contributed by atoms with Crippen LogP contribution in [0, 0.1) is 24.4 Å². The highest BCUT2D eigenvalue weighted by Gasteiger charge is 2.21. The number of nitrogens with one attached hydrogen (secondary N) is 1. The lowest BCUT2D eigenvalue weighted by molar-refractivity contribution is -0.116. The fraction of sp³-hybridized carbons (Fsp3) is 0.120. The first-order chi connectivity index (χ1) is 15.9. The van der Waals surface area contributed by atoms with Gasteiger partial charge in [-0.1, -0.05) is 24.3 Å². The fourth-order valence-electron chi connectivity index (χ4n) is 3.33. The molecule has 0 aliphatic rings. The van der Waals surface area contributed by atoms with E-state index in [2.05, 4.69) is 10.4 Å². The molecule has 0 saturated heterocycles. The first-order valence-corrected chi connectivity index (χ1v) is 10.2. The second-order valence-corrected chi connectivity index (χ2v) is 7.32. The Morgan fingerprint density at radius 2 is 1.61 bits per heavy atom. The number of ether oxygens (including phenoxy) is 1. The van der Waals surface area contributed by atoms with E-state index in [0.29, 0.717) is 16.9 Å². The topological polar surface area (TPSA) is 56.2 Å². The van der Waals surface area contributed by atoms with Crippen molar-refractivity contribution in [2.75, 3.05) is 5.32 Å². The van der Waals surface area contributed by atoms with Gasteiger partial charge < -0.3 is 10.1 Å². The van der Waals surface area contributed by atoms with Crippen LogP contribution in [-0.2, 0) is 11.2 Å². The van der Waals surface area contributed by atoms with Crippen molar-refractivity contribution in [2.24, 2.45) is 0 Å². The molecule has 1 heterocycles. The number of anilines is 1. The number of carbonyl (C=O) groups is 1. The third-order valence-corrected chi connectivity index (χ3v) is 5.00. The van der Waals surface area contributed by atoms with Crippen molar-refractivity contribution in [1.82, 2.24) is 9.78 Å². The van der Waals surface area contributed by atoms with Crippen molar-refractivity contribution in [1.29, 1.82) is 0 Å². The van der Waals surface area contributed by atoms with Gasteiger partial charge in [-0.3, -0.25) is 4.79 Å². The Morgan fingerprint density at radius 3 is 2.30 bits per heavy atom. The van der Waals surface area contributed by atoms with Gasteiger partial charge in [0.2, 0.25) is 11.8 Å². The number of nitrogens with zero attached hydrogens (tertiary/aromatic N) is 2. The van der Waals surface area contributed by atoms with Gasteiger partial charge in [0.05, 0.1) is 17.1 Å². The summed E-state index contributed by atoms with van der Waals surface area (Å²) in [5.74, 6) is -1.71. The van der Waals surface area contributed by atoms with E-state index in [1.54, 1.807) is 25.1 Å². The fourth-order valence-corrected chi connectivity index (χ4v) is 3.33. The molecule has 0 radical (unpaired) electrons. The molecule has 1 N–H and O–H groups in total. The van der Waals surface area contributed by atoms with Crippen molar-refractivity contribution in [3.63, 3.8) is 0 Å². The molecule has 0 aliphatic heterocycles. The van der Waals surface area contributed by atoms with E-state index >= 15 is 0 Å². The molecule has 0 spiro atoms. The second kappa shape index (κ2) is 9.60. The van der Waals surface area contributed by atoms with Gasteiger partial charge in [-0.05, 0) is 61.9 Å². The second-order valence-electron chi connectivity index (χ2n) is 7.32. The normalized spacial score (nSPS) is 10.8. The van der Waals surface area contributed by atoms with Crippen LogP contribution >= 0.6 is 0 Å². The Labute approximate surface area is 188 Å². The maximum atomic E-state index is 14.3. The molecule has 0 aliphatic carbocycles. The summed E-state index contributed by atoms with van der Waals surface area (Å²) in [6, 6.07) is 17.4. The average Bonchev–Trinajstić information content (AvgIpc) is 3.11. The van der Waals surface area contributed by atoms with Crippen molar-refractivity contribution >= 4 is 11.6 Å². The number of hydrogen-bond acceptors (Lipinski definition) is 3. The van der Waals surface area contributed by atoms with Crippen LogP contribution in [0.5, 0.6) is 11.6 Å². The van der Waals surface area contributed by atoms with Crippen molar-refractivity contribution in [3.8, 4) is 17.3 Å². The van der Waals surface area contributed by atoms with Crippen molar-refractivity contribution < 1.29 is 22.7 Å². The molecule has 1 amide bonds. The summed E-state index contributed by atoms with van der Waals surface area (Å²) < 4.78 is 48.9. The van der Waals surface area contributed by atoms with Crippen LogP contribution in [0.15, 0.2) is 72.8 Å². The molecule has 8 heteroatoms. The van der Waals surface area contributed by atoms with Crippen molar-refractivity contribution in [2.45, 2.75) is 19.8 Å². The Bertz CT molecular complexity index is 1290. The van der Waals surface area contributed by atoms with E-state index in [0.717, 1.165) is 0 Å². The van der Waals surface area contributed by atoms with Crippen LogP contribution in [0.25, 0.3) is 5.69 Å². The van der Waals surface area contributed by atoms with E-state index in [-0.39, 0.29) is 30.2 Å². The Morgan fingerprint density at radius 1 is 0.939 bits per heavy atom. The number of benzene rings is 3. The number of carbonyl (C=O) groups excluding carboxylic acids is 1. The number of hydrogen-bond donors (Lipinski definition) is 1. The molecular formula is C25H20F3N3O2. The van der Waals surface area contributed by atoms with E-state index in [9.17, 15) is 18.0 Å². The maximum Gasteiger partial charge on any atom is 0.226 e. The van der Waals surface area contributed by atoms with Crippen LogP contribution in [0.1, 0.15) is 17.7 Å². The quantitative estimate of drug-likeness (QED) is 0.377. The molecule has 4 aromatic rings. The third-order valence-electron chi connectivity index (χ3n) is 5.00. The Kier molecular flexibility index (Phi) is 6.44. The highest BCUT2D eigenvalue weighted by molar-refractivity contribution is 5.91. The molecule has 0 unspecified atom stereocenters. The molecule has 4 rings (SSSR count). The summed E-state index contributed by atoms with van der Waals surface area (Å²) in [6.45, 7) is 1.73. The lowest BCUT2D eigenvalue weighted by atomic mass is 10.1. The van der Waals surface area contributed by atoms with E-state index in [1.165, 1.54) is 59.3 Å². The van der Waals surface area contributed by atoms with Crippen LogP contribution in [0.2, 0.25) is 0 Å². The number of aromatic nitrogens is 2. The van der Waals surface area contributed by atoms with Gasteiger partial charge >= 0.3 is 0 Å². The van der Waals surface area contributed by atoms with Gasteiger partial charge in [0.15, 0.2) is 11.6 Å². The summed E-state index contributed by atoms with van der Waals surface area (Å²) in [7, 11) is 0. The predicted molar refractivity (Wildman–Crippen MR) is 118 cm³/mol. The van der Waals surface area contributed by atoms with Gasteiger partial charge in [0, 0.05) is 12.0 Å². The predicted octanol–water partition coefficient (Wildman–Crippen LogP) is 5.96. The molecule has 3 aromatic carbocycles. The molecule has 168 valence electrons.